The monoisotopic (exact) mass is 814 g/mol. The number of benzene rings is 2. The summed E-state index contributed by atoms with van der Waals surface area (Å²) in [4.78, 5) is 24.1. The summed E-state index contributed by atoms with van der Waals surface area (Å²) < 4.78 is 306. The summed E-state index contributed by atoms with van der Waals surface area (Å²) in [6.45, 7) is 0. The molecule has 0 radical (unpaired) electrons. The van der Waals surface area contributed by atoms with Crippen LogP contribution in [0, 0.1) is 0 Å². The van der Waals surface area contributed by atoms with Gasteiger partial charge in [-0.3, -0.25) is 9.59 Å². The van der Waals surface area contributed by atoms with Crippen molar-refractivity contribution >= 4 is 23.2 Å². The summed E-state index contributed by atoms with van der Waals surface area (Å²) >= 11 is 0. The van der Waals surface area contributed by atoms with E-state index in [0.29, 0.717) is 24.3 Å². The molecule has 2 saturated carbocycles. The van der Waals surface area contributed by atoms with Crippen molar-refractivity contribution in [1.82, 2.24) is 0 Å². The lowest BCUT2D eigenvalue weighted by atomic mass is 9.71. The number of anilines is 2. The van der Waals surface area contributed by atoms with E-state index in [-0.39, 0.29) is 11.1 Å². The van der Waals surface area contributed by atoms with E-state index in [1.165, 1.54) is 0 Å². The first-order chi connectivity index (χ1) is 23.4. The van der Waals surface area contributed by atoms with Crippen molar-refractivity contribution in [2.45, 2.75) is 77.0 Å². The van der Waals surface area contributed by atoms with Gasteiger partial charge in [-0.05, 0) is 41.8 Å². The summed E-state index contributed by atoms with van der Waals surface area (Å²) in [5, 5.41) is 1.68. The number of nitrogens with one attached hydrogen (secondary N) is 2. The normalized spacial score (nSPS) is 26.8. The third-order valence-corrected chi connectivity index (χ3v) is 8.34. The number of rotatable bonds is 6. The van der Waals surface area contributed by atoms with E-state index in [2.05, 4.69) is 0 Å². The Morgan fingerprint density at radius 1 is 0.340 bits per heavy atom. The maximum absolute atomic E-state index is 14.9. The number of amides is 2. The Hall–Kier alpha value is -4.16. The smallest absolute Gasteiger partial charge is 0.323 e. The fourth-order valence-corrected chi connectivity index (χ4v) is 5.10. The molecular formula is C27H12F22N2O2. The first-order valence-electron chi connectivity index (χ1n) is 13.4. The molecule has 0 aromatic heterocycles. The van der Waals surface area contributed by atoms with Gasteiger partial charge in [-0.2, -0.15) is 87.8 Å². The molecule has 0 aliphatic heterocycles. The van der Waals surface area contributed by atoms with Gasteiger partial charge in [0.1, 0.15) is 0 Å². The Balaban J connectivity index is 1.52. The summed E-state index contributed by atoms with van der Waals surface area (Å²) in [5.74, 6) is -82.4. The molecule has 296 valence electrons. The number of hydrogen-bond donors (Lipinski definition) is 2. The molecule has 4 nitrogen and oxygen atoms in total. The van der Waals surface area contributed by atoms with Crippen LogP contribution in [0.4, 0.5) is 108 Å². The molecule has 53 heavy (non-hydrogen) atoms. The summed E-state index contributed by atoms with van der Waals surface area (Å²) in [5.41, 5.74) is -16.3. The molecule has 2 fully saturated rings. The molecule has 0 saturated heterocycles. The molecule has 0 atom stereocenters. The van der Waals surface area contributed by atoms with E-state index in [0.717, 1.165) is 34.9 Å². The van der Waals surface area contributed by atoms with Crippen molar-refractivity contribution < 1.29 is 106 Å². The lowest BCUT2D eigenvalue weighted by Gasteiger charge is -2.51. The SMILES string of the molecule is O=C(Nc1ccc(Cc2ccc(NC(=O)C3(F)C(F)(F)C(F)(F)C(F)(F)C(F)(F)C3(F)F)cc2)cc1)C1(F)C(F)(F)C(F)(F)C(F)(F)C(F)(F)C1(F)F. The molecule has 2 aromatic rings. The van der Waals surface area contributed by atoms with E-state index >= 15 is 0 Å². The second-order valence-corrected chi connectivity index (χ2v) is 11.5. The lowest BCUT2D eigenvalue weighted by molar-refractivity contribution is -0.475. The maximum Gasteiger partial charge on any atom is 0.384 e. The highest BCUT2D eigenvalue weighted by molar-refractivity contribution is 6.00. The van der Waals surface area contributed by atoms with Gasteiger partial charge in [0, 0.05) is 11.4 Å². The minimum Gasteiger partial charge on any atom is -0.323 e. The maximum atomic E-state index is 14.9. The van der Waals surface area contributed by atoms with Crippen LogP contribution < -0.4 is 10.6 Å². The molecule has 4 rings (SSSR count). The van der Waals surface area contributed by atoms with Gasteiger partial charge < -0.3 is 10.6 Å². The standard InChI is InChI=1S/C27H12F22N2O2/c28-16(18(30,31)22(38,39)26(46,47)23(40,41)19(16,32)33)14(52)50-12-5-1-10(2-6-12)9-11-3-7-13(8-4-11)51-15(53)17(29)20(34,35)24(42,43)27(48,49)25(44,45)21(17,36)37/h1-8H,9H2,(H,50,52)(H,51,53). The van der Waals surface area contributed by atoms with Gasteiger partial charge in [0.15, 0.2) is 0 Å². The van der Waals surface area contributed by atoms with Gasteiger partial charge in [-0.25, -0.2) is 8.78 Å². The fourth-order valence-electron chi connectivity index (χ4n) is 5.10. The minimum absolute atomic E-state index is 0.0598. The molecule has 2 aromatic carbocycles. The van der Waals surface area contributed by atoms with Crippen LogP contribution >= 0.6 is 0 Å². The van der Waals surface area contributed by atoms with Crippen molar-refractivity contribution in [3.8, 4) is 0 Å². The zero-order valence-electron chi connectivity index (χ0n) is 24.5. The third-order valence-electron chi connectivity index (χ3n) is 8.34. The van der Waals surface area contributed by atoms with Gasteiger partial charge in [0.2, 0.25) is 0 Å². The van der Waals surface area contributed by atoms with Crippen LogP contribution in [-0.4, -0.2) is 82.4 Å². The fraction of sp³-hybridized carbons (Fsp3) is 0.481. The molecule has 2 aliphatic rings. The van der Waals surface area contributed by atoms with Gasteiger partial charge in [0.25, 0.3) is 11.8 Å². The van der Waals surface area contributed by atoms with Crippen LogP contribution in [0.15, 0.2) is 48.5 Å². The van der Waals surface area contributed by atoms with Crippen LogP contribution in [0.25, 0.3) is 0 Å². The Morgan fingerprint density at radius 2 is 0.528 bits per heavy atom. The number of alkyl halides is 22. The second-order valence-electron chi connectivity index (χ2n) is 11.5. The minimum atomic E-state index is -7.57. The van der Waals surface area contributed by atoms with Gasteiger partial charge in [-0.1, -0.05) is 24.3 Å². The Morgan fingerprint density at radius 3 is 0.736 bits per heavy atom. The highest BCUT2D eigenvalue weighted by atomic mass is 19.4. The number of carbonyl (C=O) groups is 2. The van der Waals surface area contributed by atoms with Crippen molar-refractivity contribution in [2.75, 3.05) is 10.6 Å². The summed E-state index contributed by atoms with van der Waals surface area (Å²) in [6, 6.07) is 5.10. The Kier molecular flexibility index (Phi) is 8.78. The van der Waals surface area contributed by atoms with Crippen molar-refractivity contribution in [3.05, 3.63) is 59.7 Å². The topological polar surface area (TPSA) is 58.2 Å². The molecule has 2 aliphatic carbocycles. The van der Waals surface area contributed by atoms with Crippen molar-refractivity contribution in [1.29, 1.82) is 0 Å². The first-order valence-corrected chi connectivity index (χ1v) is 13.4. The van der Waals surface area contributed by atoms with Crippen molar-refractivity contribution in [2.24, 2.45) is 0 Å². The average molecular weight is 814 g/mol. The van der Waals surface area contributed by atoms with E-state index in [1.807, 2.05) is 0 Å². The second kappa shape index (κ2) is 11.2. The lowest BCUT2D eigenvalue weighted by Crippen LogP contribution is -2.86. The molecule has 0 bridgehead atoms. The number of hydrogen-bond acceptors (Lipinski definition) is 2. The first kappa shape index (κ1) is 41.6. The number of carbonyl (C=O) groups excluding carboxylic acids is 2. The van der Waals surface area contributed by atoms with E-state index in [9.17, 15) is 106 Å². The van der Waals surface area contributed by atoms with Crippen LogP contribution in [0.3, 0.4) is 0 Å². The zero-order valence-corrected chi connectivity index (χ0v) is 24.5. The van der Waals surface area contributed by atoms with Gasteiger partial charge >= 0.3 is 70.6 Å². The highest BCUT2D eigenvalue weighted by Gasteiger charge is 3.04. The Bertz CT molecular complexity index is 1600. The zero-order chi connectivity index (χ0) is 41.2. The molecule has 26 heteroatoms. The summed E-state index contributed by atoms with van der Waals surface area (Å²) in [7, 11) is 0. The molecule has 0 unspecified atom stereocenters. The van der Waals surface area contributed by atoms with Gasteiger partial charge in [-0.15, -0.1) is 0 Å². The Labute approximate surface area is 277 Å². The molecule has 2 amide bonds. The molecule has 2 N–H and O–H groups in total. The van der Waals surface area contributed by atoms with Crippen LogP contribution in [-0.2, 0) is 16.0 Å². The van der Waals surface area contributed by atoms with Crippen LogP contribution in [0.1, 0.15) is 11.1 Å². The number of halogens is 22. The van der Waals surface area contributed by atoms with E-state index < -0.39 is 100 Å². The molecule has 0 spiro atoms. The predicted molar refractivity (Wildman–Crippen MR) is 130 cm³/mol. The highest BCUT2D eigenvalue weighted by Crippen LogP contribution is 2.71. The predicted octanol–water partition coefficient (Wildman–Crippen LogP) is 8.95. The molecule has 0 heterocycles. The third kappa shape index (κ3) is 4.60. The van der Waals surface area contributed by atoms with Crippen LogP contribution in [0.5, 0.6) is 0 Å². The van der Waals surface area contributed by atoms with E-state index in [1.54, 1.807) is 0 Å². The van der Waals surface area contributed by atoms with E-state index in [4.69, 9.17) is 0 Å². The summed E-state index contributed by atoms with van der Waals surface area (Å²) in [6.07, 6.45) is -0.435. The van der Waals surface area contributed by atoms with Gasteiger partial charge in [0.05, 0.1) is 0 Å². The van der Waals surface area contributed by atoms with Crippen LogP contribution in [0.2, 0.25) is 0 Å². The quantitative estimate of drug-likeness (QED) is 0.287. The van der Waals surface area contributed by atoms with Crippen molar-refractivity contribution in [3.63, 3.8) is 0 Å². The average Bonchev–Trinajstić information content (AvgIpc) is 3.03. The molecular weight excluding hydrogens is 802 g/mol. The largest absolute Gasteiger partial charge is 0.384 e.